The van der Waals surface area contributed by atoms with Crippen LogP contribution in [0, 0.1) is 0 Å². The number of piperidine rings is 1. The Kier molecular flexibility index (Phi) is 8.50. The van der Waals surface area contributed by atoms with Crippen molar-refractivity contribution in [1.29, 1.82) is 0 Å². The summed E-state index contributed by atoms with van der Waals surface area (Å²) >= 11 is 12.0. The Hall–Kier alpha value is -0.810. The molecule has 0 spiro atoms. The van der Waals surface area contributed by atoms with E-state index in [9.17, 15) is 4.79 Å². The number of carboxylic acids is 1. The van der Waals surface area contributed by atoms with Crippen molar-refractivity contribution in [3.8, 4) is 0 Å². The molecule has 0 saturated carbocycles. The summed E-state index contributed by atoms with van der Waals surface area (Å²) in [5, 5.41) is 10.2. The van der Waals surface area contributed by atoms with E-state index in [2.05, 4.69) is 9.80 Å². The van der Waals surface area contributed by atoms with Crippen LogP contribution in [0.25, 0.3) is 0 Å². The molecule has 1 aliphatic rings. The average Bonchev–Trinajstić information content (AvgIpc) is 2.60. The highest BCUT2D eigenvalue weighted by molar-refractivity contribution is 6.42. The first-order valence-electron chi connectivity index (χ1n) is 9.11. The molecule has 1 heterocycles. The zero-order valence-corrected chi connectivity index (χ0v) is 16.4. The van der Waals surface area contributed by atoms with Gasteiger partial charge in [-0.1, -0.05) is 36.2 Å². The summed E-state index contributed by atoms with van der Waals surface area (Å²) in [5.41, 5.74) is 1.24. The zero-order chi connectivity index (χ0) is 18.2. The maximum absolute atomic E-state index is 10.9. The van der Waals surface area contributed by atoms with Crippen LogP contribution in [-0.4, -0.2) is 59.6 Å². The van der Waals surface area contributed by atoms with Crippen LogP contribution >= 0.6 is 23.2 Å². The van der Waals surface area contributed by atoms with E-state index < -0.39 is 5.97 Å². The second-order valence-electron chi connectivity index (χ2n) is 6.74. The molecule has 1 fully saturated rings. The van der Waals surface area contributed by atoms with E-state index in [4.69, 9.17) is 28.3 Å². The molecule has 140 valence electrons. The van der Waals surface area contributed by atoms with Gasteiger partial charge in [0.25, 0.3) is 0 Å². The fourth-order valence-corrected chi connectivity index (χ4v) is 3.86. The van der Waals surface area contributed by atoms with E-state index in [0.717, 1.165) is 58.3 Å². The molecule has 0 atom stereocenters. The van der Waals surface area contributed by atoms with E-state index in [1.807, 2.05) is 25.1 Å². The number of aliphatic carboxylic acids is 1. The average molecular weight is 387 g/mol. The lowest BCUT2D eigenvalue weighted by Crippen LogP contribution is -2.46. The number of unbranched alkanes of at least 4 members (excludes halogenated alkanes) is 1. The summed E-state index contributed by atoms with van der Waals surface area (Å²) < 4.78 is 0. The number of hydrogen-bond donors (Lipinski definition) is 1. The molecule has 2 rings (SSSR count). The Morgan fingerprint density at radius 1 is 1.24 bits per heavy atom. The maximum atomic E-state index is 10.9. The number of carboxylic acid groups (broad SMARTS) is 1. The third kappa shape index (κ3) is 6.78. The number of carbonyl (C=O) groups is 1. The monoisotopic (exact) mass is 386 g/mol. The molecular formula is C19H28Cl2N2O2. The third-order valence-electron chi connectivity index (χ3n) is 4.99. The van der Waals surface area contributed by atoms with E-state index in [0.29, 0.717) is 16.1 Å². The number of hydrogen-bond acceptors (Lipinski definition) is 3. The molecule has 1 aromatic rings. The first kappa shape index (κ1) is 20.5. The predicted octanol–water partition coefficient (Wildman–Crippen LogP) is 4.19. The Balaban J connectivity index is 1.65. The topological polar surface area (TPSA) is 43.8 Å². The number of nitrogens with zero attached hydrogens (tertiary/aromatic N) is 2. The van der Waals surface area contributed by atoms with Crippen molar-refractivity contribution in [3.05, 3.63) is 33.8 Å². The molecule has 0 unspecified atom stereocenters. The molecule has 1 N–H and O–H groups in total. The standard InChI is InChI=1S/C19H28Cl2N2O2/c1-2-23(14-19(24)25)16-8-11-22(12-9-16)10-4-3-5-15-6-7-17(20)18(21)13-15/h6-7,13,16H,2-5,8-12,14H2,1H3,(H,24,25). The Morgan fingerprint density at radius 3 is 2.56 bits per heavy atom. The first-order valence-corrected chi connectivity index (χ1v) is 9.87. The van der Waals surface area contributed by atoms with E-state index in [-0.39, 0.29) is 6.54 Å². The van der Waals surface area contributed by atoms with Crippen molar-refractivity contribution in [1.82, 2.24) is 9.80 Å². The summed E-state index contributed by atoms with van der Waals surface area (Å²) in [6.45, 7) is 6.24. The lowest BCUT2D eigenvalue weighted by molar-refractivity contribution is -0.139. The lowest BCUT2D eigenvalue weighted by atomic mass is 10.0. The van der Waals surface area contributed by atoms with Gasteiger partial charge in [0, 0.05) is 6.04 Å². The fourth-order valence-electron chi connectivity index (χ4n) is 3.54. The van der Waals surface area contributed by atoms with Gasteiger partial charge >= 0.3 is 5.97 Å². The number of likely N-dealkylation sites (tertiary alicyclic amines) is 1. The van der Waals surface area contributed by atoms with Gasteiger partial charge in [0.15, 0.2) is 0 Å². The number of benzene rings is 1. The molecule has 1 aliphatic heterocycles. The predicted molar refractivity (Wildman–Crippen MR) is 104 cm³/mol. The third-order valence-corrected chi connectivity index (χ3v) is 5.73. The van der Waals surface area contributed by atoms with Gasteiger partial charge in [0.2, 0.25) is 0 Å². The van der Waals surface area contributed by atoms with Gasteiger partial charge in [0.05, 0.1) is 16.6 Å². The van der Waals surface area contributed by atoms with Crippen LogP contribution in [-0.2, 0) is 11.2 Å². The fraction of sp³-hybridized carbons (Fsp3) is 0.632. The van der Waals surface area contributed by atoms with Gasteiger partial charge in [0.1, 0.15) is 0 Å². The summed E-state index contributed by atoms with van der Waals surface area (Å²) in [6, 6.07) is 6.27. The van der Waals surface area contributed by atoms with Crippen molar-refractivity contribution < 1.29 is 9.90 Å². The quantitative estimate of drug-likeness (QED) is 0.646. The Morgan fingerprint density at radius 2 is 1.96 bits per heavy atom. The smallest absolute Gasteiger partial charge is 0.317 e. The highest BCUT2D eigenvalue weighted by atomic mass is 35.5. The molecule has 4 nitrogen and oxygen atoms in total. The van der Waals surface area contributed by atoms with E-state index in [1.165, 1.54) is 5.56 Å². The summed E-state index contributed by atoms with van der Waals surface area (Å²) in [6.07, 6.45) is 5.45. The molecule has 0 radical (unpaired) electrons. The van der Waals surface area contributed by atoms with Crippen LogP contribution in [0.4, 0.5) is 0 Å². The van der Waals surface area contributed by atoms with Crippen molar-refractivity contribution in [2.45, 2.75) is 45.1 Å². The zero-order valence-electron chi connectivity index (χ0n) is 14.9. The molecule has 0 aliphatic carbocycles. The highest BCUT2D eigenvalue weighted by Crippen LogP contribution is 2.23. The number of likely N-dealkylation sites (N-methyl/N-ethyl adjacent to an activating group) is 1. The number of aryl methyl sites for hydroxylation is 1. The van der Waals surface area contributed by atoms with Crippen molar-refractivity contribution >= 4 is 29.2 Å². The number of rotatable bonds is 9. The van der Waals surface area contributed by atoms with Gasteiger partial charge in [-0.05, 0) is 76.0 Å². The van der Waals surface area contributed by atoms with Crippen molar-refractivity contribution in [2.75, 3.05) is 32.7 Å². The Bertz CT molecular complexity index is 560. The van der Waals surface area contributed by atoms with Gasteiger partial charge < -0.3 is 10.0 Å². The minimum atomic E-state index is -0.730. The summed E-state index contributed by atoms with van der Waals surface area (Å²) in [4.78, 5) is 15.5. The molecule has 0 bridgehead atoms. The van der Waals surface area contributed by atoms with E-state index in [1.54, 1.807) is 0 Å². The van der Waals surface area contributed by atoms with Crippen LogP contribution in [0.3, 0.4) is 0 Å². The molecule has 0 aromatic heterocycles. The molecule has 25 heavy (non-hydrogen) atoms. The normalized spacial score (nSPS) is 16.5. The molecule has 1 saturated heterocycles. The molecule has 1 aromatic carbocycles. The molecule has 6 heteroatoms. The first-order chi connectivity index (χ1) is 12.0. The minimum Gasteiger partial charge on any atom is -0.480 e. The van der Waals surface area contributed by atoms with Crippen LogP contribution < -0.4 is 0 Å². The van der Waals surface area contributed by atoms with Gasteiger partial charge in [-0.15, -0.1) is 0 Å². The maximum Gasteiger partial charge on any atom is 0.317 e. The van der Waals surface area contributed by atoms with Crippen molar-refractivity contribution in [2.24, 2.45) is 0 Å². The van der Waals surface area contributed by atoms with Crippen LogP contribution in [0.1, 0.15) is 38.2 Å². The molecular weight excluding hydrogens is 359 g/mol. The van der Waals surface area contributed by atoms with Crippen molar-refractivity contribution in [3.63, 3.8) is 0 Å². The second-order valence-corrected chi connectivity index (χ2v) is 7.55. The number of halogens is 2. The van der Waals surface area contributed by atoms with Crippen LogP contribution in [0.2, 0.25) is 10.0 Å². The van der Waals surface area contributed by atoms with Gasteiger partial charge in [-0.3, -0.25) is 9.69 Å². The summed E-state index contributed by atoms with van der Waals surface area (Å²) in [5.74, 6) is -0.730. The van der Waals surface area contributed by atoms with E-state index >= 15 is 0 Å². The van der Waals surface area contributed by atoms with Crippen LogP contribution in [0.15, 0.2) is 18.2 Å². The van der Waals surface area contributed by atoms with Crippen LogP contribution in [0.5, 0.6) is 0 Å². The van der Waals surface area contributed by atoms with Gasteiger partial charge in [-0.25, -0.2) is 0 Å². The lowest BCUT2D eigenvalue weighted by Gasteiger charge is -2.37. The Labute approximate surface area is 160 Å². The van der Waals surface area contributed by atoms with Gasteiger partial charge in [-0.2, -0.15) is 0 Å². The SMILES string of the molecule is CCN(CC(=O)O)C1CCN(CCCCc2ccc(Cl)c(Cl)c2)CC1. The largest absolute Gasteiger partial charge is 0.480 e. The highest BCUT2D eigenvalue weighted by Gasteiger charge is 2.24. The minimum absolute atomic E-state index is 0.158. The summed E-state index contributed by atoms with van der Waals surface area (Å²) in [7, 11) is 0. The second kappa shape index (κ2) is 10.4. The molecule has 0 amide bonds.